The van der Waals surface area contributed by atoms with Gasteiger partial charge in [-0.3, -0.25) is 0 Å². The summed E-state index contributed by atoms with van der Waals surface area (Å²) < 4.78 is 2.78. The minimum atomic E-state index is 1.26. The quantitative estimate of drug-likeness (QED) is 0.297. The lowest BCUT2D eigenvalue weighted by molar-refractivity contribution is 1.39. The van der Waals surface area contributed by atoms with Gasteiger partial charge in [0.15, 0.2) is 0 Å². The van der Waals surface area contributed by atoms with Gasteiger partial charge in [-0.25, -0.2) is 0 Å². The molecule has 0 aliphatic heterocycles. The topological polar surface area (TPSA) is 0 Å². The Balaban J connectivity index is 1.59. The van der Waals surface area contributed by atoms with Crippen LogP contribution in [-0.2, 0) is 0 Å². The second-order valence-corrected chi connectivity index (χ2v) is 8.19. The largest absolute Gasteiger partial charge is 0.135 e. The highest BCUT2D eigenvalue weighted by Gasteiger charge is 2.10. The van der Waals surface area contributed by atoms with E-state index in [1.807, 2.05) is 11.3 Å². The van der Waals surface area contributed by atoms with Gasteiger partial charge in [-0.1, -0.05) is 78.9 Å². The van der Waals surface area contributed by atoms with Crippen LogP contribution in [0, 0.1) is 13.8 Å². The Morgan fingerprint density at radius 2 is 1.15 bits per heavy atom. The normalized spacial score (nSPS) is 11.3. The fourth-order valence-electron chi connectivity index (χ4n) is 3.74. The zero-order chi connectivity index (χ0) is 18.4. The zero-order valence-electron chi connectivity index (χ0n) is 15.5. The molecular formula is C26H20S. The van der Waals surface area contributed by atoms with E-state index in [4.69, 9.17) is 0 Å². The van der Waals surface area contributed by atoms with Crippen molar-refractivity contribution in [3.63, 3.8) is 0 Å². The number of hydrogen-bond acceptors (Lipinski definition) is 1. The first-order chi connectivity index (χ1) is 13.2. The van der Waals surface area contributed by atoms with Gasteiger partial charge in [-0.05, 0) is 53.3 Å². The van der Waals surface area contributed by atoms with E-state index in [0.29, 0.717) is 0 Å². The summed E-state index contributed by atoms with van der Waals surface area (Å²) >= 11 is 1.91. The lowest BCUT2D eigenvalue weighted by Gasteiger charge is -2.05. The molecule has 0 radical (unpaired) electrons. The summed E-state index contributed by atoms with van der Waals surface area (Å²) in [7, 11) is 0. The molecule has 0 atom stereocenters. The second-order valence-electron chi connectivity index (χ2n) is 7.14. The fraction of sp³-hybridized carbons (Fsp3) is 0.0769. The van der Waals surface area contributed by atoms with E-state index in [-0.39, 0.29) is 0 Å². The van der Waals surface area contributed by atoms with Gasteiger partial charge < -0.3 is 0 Å². The summed E-state index contributed by atoms with van der Waals surface area (Å²) in [5.74, 6) is 0. The third-order valence-electron chi connectivity index (χ3n) is 5.49. The van der Waals surface area contributed by atoms with Crippen LogP contribution in [0.15, 0.2) is 84.9 Å². The Morgan fingerprint density at radius 1 is 0.556 bits per heavy atom. The van der Waals surface area contributed by atoms with Crippen molar-refractivity contribution >= 4 is 31.5 Å². The van der Waals surface area contributed by atoms with E-state index in [9.17, 15) is 0 Å². The average molecular weight is 365 g/mol. The molecule has 0 amide bonds. The van der Waals surface area contributed by atoms with E-state index in [0.717, 1.165) is 0 Å². The van der Waals surface area contributed by atoms with Crippen molar-refractivity contribution < 1.29 is 0 Å². The maximum atomic E-state index is 2.34. The molecule has 0 fully saturated rings. The van der Waals surface area contributed by atoms with Gasteiger partial charge in [0.25, 0.3) is 0 Å². The Kier molecular flexibility index (Phi) is 3.84. The Bertz CT molecular complexity index is 1260. The summed E-state index contributed by atoms with van der Waals surface area (Å²) in [5, 5.41) is 2.74. The van der Waals surface area contributed by atoms with Crippen LogP contribution in [0.3, 0.4) is 0 Å². The highest BCUT2D eigenvalue weighted by Crippen LogP contribution is 2.38. The molecular weight excluding hydrogens is 344 g/mol. The Labute approximate surface area is 163 Å². The molecule has 130 valence electrons. The molecule has 0 saturated heterocycles. The molecule has 27 heavy (non-hydrogen) atoms. The van der Waals surface area contributed by atoms with Crippen molar-refractivity contribution in [3.05, 3.63) is 96.1 Å². The zero-order valence-corrected chi connectivity index (χ0v) is 16.3. The molecule has 0 aliphatic rings. The SMILES string of the molecule is Cc1ccc2c(sc3cc(-c4ccc(-c5ccccc5)cc4)ccc32)c1C. The third-order valence-corrected chi connectivity index (χ3v) is 6.77. The lowest BCUT2D eigenvalue weighted by Crippen LogP contribution is -1.80. The number of benzene rings is 4. The van der Waals surface area contributed by atoms with Crippen LogP contribution in [0.1, 0.15) is 11.1 Å². The van der Waals surface area contributed by atoms with Gasteiger partial charge in [0.1, 0.15) is 0 Å². The Hall–Kier alpha value is -2.90. The summed E-state index contributed by atoms with van der Waals surface area (Å²) in [6.45, 7) is 4.43. The van der Waals surface area contributed by atoms with E-state index < -0.39 is 0 Å². The van der Waals surface area contributed by atoms with Crippen molar-refractivity contribution in [2.45, 2.75) is 13.8 Å². The maximum absolute atomic E-state index is 2.34. The standard InChI is InChI=1S/C26H20S/c1-17-8-14-24-23-15-13-22(16-25(23)27-26(24)18(17)2)21-11-9-20(10-12-21)19-6-4-3-5-7-19/h3-16H,1-2H3. The highest BCUT2D eigenvalue weighted by atomic mass is 32.1. The van der Waals surface area contributed by atoms with Crippen LogP contribution < -0.4 is 0 Å². The molecule has 1 heterocycles. The van der Waals surface area contributed by atoms with Crippen molar-refractivity contribution in [3.8, 4) is 22.3 Å². The molecule has 0 bridgehead atoms. The monoisotopic (exact) mass is 364 g/mol. The number of aryl methyl sites for hydroxylation is 2. The molecule has 0 spiro atoms. The first kappa shape index (κ1) is 16.3. The average Bonchev–Trinajstić information content (AvgIpc) is 3.10. The Morgan fingerprint density at radius 3 is 1.89 bits per heavy atom. The van der Waals surface area contributed by atoms with Crippen molar-refractivity contribution in [2.75, 3.05) is 0 Å². The number of rotatable bonds is 2. The summed E-state index contributed by atoms with van der Waals surface area (Å²) in [5.41, 5.74) is 7.83. The highest BCUT2D eigenvalue weighted by molar-refractivity contribution is 7.26. The van der Waals surface area contributed by atoms with Crippen LogP contribution in [0.5, 0.6) is 0 Å². The minimum Gasteiger partial charge on any atom is -0.135 e. The van der Waals surface area contributed by atoms with Gasteiger partial charge in [0.05, 0.1) is 0 Å². The second kappa shape index (κ2) is 6.37. The summed E-state index contributed by atoms with van der Waals surface area (Å²) in [6, 6.07) is 30.8. The molecule has 0 unspecified atom stereocenters. The molecule has 0 nitrogen and oxygen atoms in total. The van der Waals surface area contributed by atoms with Gasteiger partial charge in [0, 0.05) is 20.2 Å². The number of fused-ring (bicyclic) bond motifs is 3. The molecule has 0 aliphatic carbocycles. The van der Waals surface area contributed by atoms with Crippen molar-refractivity contribution in [1.82, 2.24) is 0 Å². The molecule has 1 heteroatoms. The number of hydrogen-bond donors (Lipinski definition) is 0. The summed E-state index contributed by atoms with van der Waals surface area (Å²) in [6.07, 6.45) is 0. The van der Waals surface area contributed by atoms with Crippen LogP contribution in [0.25, 0.3) is 42.4 Å². The molecule has 0 N–H and O–H groups in total. The van der Waals surface area contributed by atoms with Crippen LogP contribution in [0.2, 0.25) is 0 Å². The van der Waals surface area contributed by atoms with Gasteiger partial charge in [-0.2, -0.15) is 0 Å². The van der Waals surface area contributed by atoms with Crippen LogP contribution >= 0.6 is 11.3 Å². The van der Waals surface area contributed by atoms with Gasteiger partial charge in [0.2, 0.25) is 0 Å². The first-order valence-electron chi connectivity index (χ1n) is 9.29. The predicted molar refractivity (Wildman–Crippen MR) is 120 cm³/mol. The van der Waals surface area contributed by atoms with Crippen LogP contribution in [0.4, 0.5) is 0 Å². The van der Waals surface area contributed by atoms with Crippen LogP contribution in [-0.4, -0.2) is 0 Å². The molecule has 5 aromatic rings. The fourth-order valence-corrected chi connectivity index (χ4v) is 5.03. The first-order valence-corrected chi connectivity index (χ1v) is 10.1. The van der Waals surface area contributed by atoms with E-state index in [2.05, 4.69) is 98.8 Å². The molecule has 4 aromatic carbocycles. The summed E-state index contributed by atoms with van der Waals surface area (Å²) in [4.78, 5) is 0. The van der Waals surface area contributed by atoms with E-state index in [1.54, 1.807) is 0 Å². The van der Waals surface area contributed by atoms with Gasteiger partial charge >= 0.3 is 0 Å². The molecule has 1 aromatic heterocycles. The lowest BCUT2D eigenvalue weighted by atomic mass is 9.99. The molecule has 5 rings (SSSR count). The smallest absolute Gasteiger partial charge is 0.0387 e. The minimum absolute atomic E-state index is 1.26. The maximum Gasteiger partial charge on any atom is 0.0387 e. The number of thiophene rings is 1. The third kappa shape index (κ3) is 2.75. The van der Waals surface area contributed by atoms with E-state index >= 15 is 0 Å². The molecule has 0 saturated carbocycles. The van der Waals surface area contributed by atoms with Crippen molar-refractivity contribution in [1.29, 1.82) is 0 Å². The van der Waals surface area contributed by atoms with Crippen molar-refractivity contribution in [2.24, 2.45) is 0 Å². The van der Waals surface area contributed by atoms with E-state index in [1.165, 1.54) is 53.6 Å². The van der Waals surface area contributed by atoms with Gasteiger partial charge in [-0.15, -0.1) is 11.3 Å². The predicted octanol–water partition coefficient (Wildman–Crippen LogP) is 8.01.